The Morgan fingerprint density at radius 3 is 2.47 bits per heavy atom. The SMILES string of the molecule is O=C(CCl)OCCC1(O)CC2CCC2C1. The van der Waals surface area contributed by atoms with Crippen LogP contribution in [-0.4, -0.2) is 29.2 Å². The van der Waals surface area contributed by atoms with Gasteiger partial charge in [0.25, 0.3) is 0 Å². The van der Waals surface area contributed by atoms with Crippen molar-refractivity contribution in [2.24, 2.45) is 11.8 Å². The summed E-state index contributed by atoms with van der Waals surface area (Å²) in [6.07, 6.45) is 4.84. The normalized spacial score (nSPS) is 38.3. The zero-order valence-corrected chi connectivity index (χ0v) is 9.50. The number of aliphatic hydroxyl groups is 1. The Hall–Kier alpha value is -0.280. The summed E-state index contributed by atoms with van der Waals surface area (Å²) in [5.74, 6) is 0.933. The maximum Gasteiger partial charge on any atom is 0.320 e. The summed E-state index contributed by atoms with van der Waals surface area (Å²) in [6.45, 7) is 0.293. The first-order valence-corrected chi connectivity index (χ1v) is 6.10. The molecule has 0 aliphatic heterocycles. The first-order valence-electron chi connectivity index (χ1n) is 5.57. The van der Waals surface area contributed by atoms with Gasteiger partial charge in [0, 0.05) is 6.42 Å². The van der Waals surface area contributed by atoms with Crippen molar-refractivity contribution in [1.82, 2.24) is 0 Å². The monoisotopic (exact) mass is 232 g/mol. The Bertz CT molecular complexity index is 242. The maximum atomic E-state index is 10.8. The van der Waals surface area contributed by atoms with E-state index in [-0.39, 0.29) is 5.88 Å². The molecule has 2 aliphatic rings. The molecule has 2 saturated carbocycles. The highest BCUT2D eigenvalue weighted by atomic mass is 35.5. The van der Waals surface area contributed by atoms with Crippen LogP contribution in [0.25, 0.3) is 0 Å². The van der Waals surface area contributed by atoms with Crippen LogP contribution in [0.5, 0.6) is 0 Å². The Balaban J connectivity index is 1.72. The molecular weight excluding hydrogens is 216 g/mol. The van der Waals surface area contributed by atoms with Crippen molar-refractivity contribution in [1.29, 1.82) is 0 Å². The second-order valence-electron chi connectivity index (χ2n) is 4.83. The predicted octanol–water partition coefficient (Wildman–Crippen LogP) is 1.71. The lowest BCUT2D eigenvalue weighted by Gasteiger charge is -2.28. The van der Waals surface area contributed by atoms with Gasteiger partial charge in [0.1, 0.15) is 5.88 Å². The molecule has 2 atom stereocenters. The van der Waals surface area contributed by atoms with Crippen molar-refractivity contribution < 1.29 is 14.6 Å². The van der Waals surface area contributed by atoms with Crippen LogP contribution in [-0.2, 0) is 9.53 Å². The smallest absolute Gasteiger partial charge is 0.320 e. The van der Waals surface area contributed by atoms with Crippen LogP contribution in [0.3, 0.4) is 0 Å². The average Bonchev–Trinajstić information content (AvgIpc) is 2.42. The third kappa shape index (κ3) is 2.45. The van der Waals surface area contributed by atoms with E-state index in [9.17, 15) is 9.90 Å². The molecule has 2 fully saturated rings. The van der Waals surface area contributed by atoms with E-state index in [2.05, 4.69) is 0 Å². The molecule has 0 aromatic rings. The van der Waals surface area contributed by atoms with Gasteiger partial charge in [-0.1, -0.05) is 0 Å². The molecule has 86 valence electrons. The van der Waals surface area contributed by atoms with Gasteiger partial charge in [-0.15, -0.1) is 11.6 Å². The van der Waals surface area contributed by atoms with Crippen LogP contribution in [0.4, 0.5) is 0 Å². The van der Waals surface area contributed by atoms with Crippen LogP contribution in [0.15, 0.2) is 0 Å². The van der Waals surface area contributed by atoms with Crippen molar-refractivity contribution in [3.8, 4) is 0 Å². The van der Waals surface area contributed by atoms with Gasteiger partial charge in [-0.3, -0.25) is 4.79 Å². The first kappa shape index (κ1) is 11.2. The van der Waals surface area contributed by atoms with Gasteiger partial charge in [0.15, 0.2) is 0 Å². The van der Waals surface area contributed by atoms with E-state index in [0.29, 0.717) is 13.0 Å². The molecule has 0 saturated heterocycles. The number of carbonyl (C=O) groups excluding carboxylic acids is 1. The molecule has 0 aromatic carbocycles. The first-order chi connectivity index (χ1) is 7.13. The number of ether oxygens (including phenoxy) is 1. The lowest BCUT2D eigenvalue weighted by atomic mass is 9.77. The van der Waals surface area contributed by atoms with Gasteiger partial charge in [-0.2, -0.15) is 0 Å². The van der Waals surface area contributed by atoms with Gasteiger partial charge >= 0.3 is 5.97 Å². The summed E-state index contributed by atoms with van der Waals surface area (Å²) in [4.78, 5) is 10.8. The van der Waals surface area contributed by atoms with E-state index in [0.717, 1.165) is 24.7 Å². The van der Waals surface area contributed by atoms with Gasteiger partial charge in [-0.25, -0.2) is 0 Å². The summed E-state index contributed by atoms with van der Waals surface area (Å²) in [6, 6.07) is 0. The van der Waals surface area contributed by atoms with E-state index in [1.807, 2.05) is 0 Å². The number of esters is 1. The van der Waals surface area contributed by atoms with Gasteiger partial charge in [0.2, 0.25) is 0 Å². The molecule has 0 aromatic heterocycles. The number of hydrogen-bond acceptors (Lipinski definition) is 3. The minimum atomic E-state index is -0.585. The van der Waals surface area contributed by atoms with E-state index < -0.39 is 11.6 Å². The van der Waals surface area contributed by atoms with Crippen LogP contribution in [0, 0.1) is 11.8 Å². The Morgan fingerprint density at radius 1 is 1.40 bits per heavy atom. The molecule has 3 nitrogen and oxygen atoms in total. The lowest BCUT2D eigenvalue weighted by molar-refractivity contribution is -0.142. The highest BCUT2D eigenvalue weighted by molar-refractivity contribution is 6.26. The Kier molecular flexibility index (Phi) is 3.21. The number of alkyl halides is 1. The van der Waals surface area contributed by atoms with Crippen molar-refractivity contribution in [3.63, 3.8) is 0 Å². The van der Waals surface area contributed by atoms with Crippen LogP contribution < -0.4 is 0 Å². The van der Waals surface area contributed by atoms with Crippen LogP contribution in [0.2, 0.25) is 0 Å². The lowest BCUT2D eigenvalue weighted by Crippen LogP contribution is -2.27. The fourth-order valence-electron chi connectivity index (χ4n) is 2.83. The van der Waals surface area contributed by atoms with Crippen LogP contribution >= 0.6 is 11.6 Å². The zero-order chi connectivity index (χ0) is 10.9. The summed E-state index contributed by atoms with van der Waals surface area (Å²) < 4.78 is 4.88. The molecule has 1 N–H and O–H groups in total. The number of carbonyl (C=O) groups is 1. The van der Waals surface area contributed by atoms with Crippen molar-refractivity contribution in [2.75, 3.05) is 12.5 Å². The number of fused-ring (bicyclic) bond motifs is 1. The average molecular weight is 233 g/mol. The second-order valence-corrected chi connectivity index (χ2v) is 5.10. The van der Waals surface area contributed by atoms with Gasteiger partial charge < -0.3 is 9.84 Å². The largest absolute Gasteiger partial charge is 0.465 e. The predicted molar refractivity (Wildman–Crippen MR) is 56.7 cm³/mol. The summed E-state index contributed by atoms with van der Waals surface area (Å²) in [5.41, 5.74) is -0.585. The third-order valence-electron chi connectivity index (χ3n) is 3.80. The summed E-state index contributed by atoms with van der Waals surface area (Å²) in [5, 5.41) is 10.2. The molecule has 2 aliphatic carbocycles. The summed E-state index contributed by atoms with van der Waals surface area (Å²) >= 11 is 5.30. The van der Waals surface area contributed by atoms with Gasteiger partial charge in [0.05, 0.1) is 12.2 Å². The molecule has 0 heterocycles. The fraction of sp³-hybridized carbons (Fsp3) is 0.909. The molecule has 0 amide bonds. The maximum absolute atomic E-state index is 10.8. The second kappa shape index (κ2) is 4.30. The molecule has 2 unspecified atom stereocenters. The van der Waals surface area contributed by atoms with Gasteiger partial charge in [-0.05, 0) is 37.5 Å². The summed E-state index contributed by atoms with van der Waals surface area (Å²) in [7, 11) is 0. The van der Waals surface area contributed by atoms with E-state index >= 15 is 0 Å². The molecule has 0 radical (unpaired) electrons. The molecular formula is C11H17ClO3. The highest BCUT2D eigenvalue weighted by Gasteiger charge is 2.47. The van der Waals surface area contributed by atoms with E-state index in [1.54, 1.807) is 0 Å². The van der Waals surface area contributed by atoms with E-state index in [1.165, 1.54) is 12.8 Å². The fourth-order valence-corrected chi connectivity index (χ4v) is 2.91. The third-order valence-corrected chi connectivity index (χ3v) is 4.02. The van der Waals surface area contributed by atoms with Crippen molar-refractivity contribution in [2.45, 2.75) is 37.7 Å². The molecule has 4 heteroatoms. The Morgan fingerprint density at radius 2 is 2.00 bits per heavy atom. The number of rotatable bonds is 4. The van der Waals surface area contributed by atoms with Crippen LogP contribution in [0.1, 0.15) is 32.1 Å². The molecule has 0 bridgehead atoms. The van der Waals surface area contributed by atoms with E-state index in [4.69, 9.17) is 16.3 Å². The molecule has 2 rings (SSSR count). The molecule has 0 spiro atoms. The quantitative estimate of drug-likeness (QED) is 0.593. The van der Waals surface area contributed by atoms with Crippen molar-refractivity contribution in [3.05, 3.63) is 0 Å². The minimum Gasteiger partial charge on any atom is -0.465 e. The Labute approximate surface area is 94.7 Å². The minimum absolute atomic E-state index is 0.107. The van der Waals surface area contributed by atoms with Crippen molar-refractivity contribution >= 4 is 17.6 Å². The topological polar surface area (TPSA) is 46.5 Å². The zero-order valence-electron chi connectivity index (χ0n) is 8.75. The molecule has 15 heavy (non-hydrogen) atoms. The number of hydrogen-bond donors (Lipinski definition) is 1. The highest BCUT2D eigenvalue weighted by Crippen LogP contribution is 2.52. The standard InChI is InChI=1S/C11H17ClO3/c12-7-10(13)15-4-3-11(14)5-8-1-2-9(8)6-11/h8-9,14H,1-7H2. The number of halogens is 1.